The number of carbonyl (C=O) groups is 5. The number of rotatable bonds is 9. The van der Waals surface area contributed by atoms with Gasteiger partial charge in [0.2, 0.25) is 11.7 Å². The third-order valence-electron chi connectivity index (χ3n) is 11.2. The van der Waals surface area contributed by atoms with Crippen LogP contribution in [0.15, 0.2) is 42.0 Å². The lowest BCUT2D eigenvalue weighted by Crippen LogP contribution is -2.58. The number of carbonyl (C=O) groups excluding carboxylic acids is 4. The largest absolute Gasteiger partial charge is 0.479 e. The number of esters is 1. The first-order valence-electron chi connectivity index (χ1n) is 15.1. The SMILES string of the molecule is C[C@]12CCC(=O)C=C1CC[C@H]1[C@H]2CC[C@@]2(C)[C@@H]1CC[C@]2(O)C(=O)COC(=O)CCC(=O)N[C@H](C(=O)O)c1ccccc1. The van der Waals surface area contributed by atoms with Crippen molar-refractivity contribution < 1.29 is 38.9 Å². The number of Topliss-reactive ketones (excluding diaryl/α,β-unsaturated/α-hetero) is 1. The van der Waals surface area contributed by atoms with Gasteiger partial charge in [-0.05, 0) is 79.8 Å². The highest BCUT2D eigenvalue weighted by molar-refractivity contribution is 5.92. The number of aliphatic carboxylic acids is 1. The molecule has 226 valence electrons. The normalized spacial score (nSPS) is 34.2. The fraction of sp³-hybridized carbons (Fsp3) is 0.606. The minimum atomic E-state index is -1.59. The fourth-order valence-electron chi connectivity index (χ4n) is 8.75. The molecule has 0 heterocycles. The van der Waals surface area contributed by atoms with Crippen molar-refractivity contribution in [2.75, 3.05) is 6.61 Å². The highest BCUT2D eigenvalue weighted by atomic mass is 16.5. The number of allylic oxidation sites excluding steroid dienone is 1. The third-order valence-corrected chi connectivity index (χ3v) is 11.2. The van der Waals surface area contributed by atoms with Gasteiger partial charge in [0.1, 0.15) is 5.60 Å². The molecule has 42 heavy (non-hydrogen) atoms. The quantitative estimate of drug-likeness (QED) is 0.371. The van der Waals surface area contributed by atoms with E-state index in [0.717, 1.165) is 32.1 Å². The van der Waals surface area contributed by atoms with Crippen LogP contribution in [0.2, 0.25) is 0 Å². The van der Waals surface area contributed by atoms with E-state index in [2.05, 4.69) is 12.2 Å². The summed E-state index contributed by atoms with van der Waals surface area (Å²) in [4.78, 5) is 61.9. The summed E-state index contributed by atoms with van der Waals surface area (Å²) in [7, 11) is 0. The van der Waals surface area contributed by atoms with Crippen molar-refractivity contribution in [3.8, 4) is 0 Å². The van der Waals surface area contributed by atoms with Gasteiger partial charge in [-0.15, -0.1) is 0 Å². The molecule has 0 bridgehead atoms. The maximum Gasteiger partial charge on any atom is 0.330 e. The van der Waals surface area contributed by atoms with Gasteiger partial charge >= 0.3 is 11.9 Å². The topological polar surface area (TPSA) is 147 Å². The summed E-state index contributed by atoms with van der Waals surface area (Å²) in [6, 6.07) is 7.00. The zero-order chi connectivity index (χ0) is 30.3. The summed E-state index contributed by atoms with van der Waals surface area (Å²) < 4.78 is 5.21. The lowest BCUT2D eigenvalue weighted by molar-refractivity contribution is -0.170. The average Bonchev–Trinajstić information content (AvgIpc) is 3.25. The second-order valence-corrected chi connectivity index (χ2v) is 13.2. The molecular formula is C33H41NO8. The summed E-state index contributed by atoms with van der Waals surface area (Å²) >= 11 is 0. The Bertz CT molecular complexity index is 1310. The maximum absolute atomic E-state index is 13.4. The molecule has 9 nitrogen and oxygen atoms in total. The Morgan fingerprint density at radius 2 is 1.69 bits per heavy atom. The fourth-order valence-corrected chi connectivity index (χ4v) is 8.75. The van der Waals surface area contributed by atoms with Crippen LogP contribution in [-0.4, -0.2) is 51.8 Å². The van der Waals surface area contributed by atoms with E-state index in [-0.39, 0.29) is 30.0 Å². The molecule has 7 atom stereocenters. The number of ketones is 2. The van der Waals surface area contributed by atoms with Crippen LogP contribution in [0.5, 0.6) is 0 Å². The monoisotopic (exact) mass is 579 g/mol. The van der Waals surface area contributed by atoms with Crippen molar-refractivity contribution in [3.63, 3.8) is 0 Å². The van der Waals surface area contributed by atoms with Gasteiger partial charge in [0.15, 0.2) is 18.4 Å². The van der Waals surface area contributed by atoms with Crippen LogP contribution in [0.3, 0.4) is 0 Å². The summed E-state index contributed by atoms with van der Waals surface area (Å²) in [5, 5.41) is 23.7. The number of aliphatic hydroxyl groups is 1. The Labute approximate surface area is 246 Å². The molecule has 3 saturated carbocycles. The van der Waals surface area contributed by atoms with Gasteiger partial charge in [0, 0.05) is 18.3 Å². The van der Waals surface area contributed by atoms with E-state index < -0.39 is 47.3 Å². The number of ether oxygens (including phenoxy) is 1. The van der Waals surface area contributed by atoms with E-state index in [1.165, 1.54) is 5.57 Å². The molecule has 1 aromatic rings. The number of hydrogen-bond acceptors (Lipinski definition) is 7. The molecule has 3 fully saturated rings. The highest BCUT2D eigenvalue weighted by Crippen LogP contribution is 2.67. The van der Waals surface area contributed by atoms with Crippen molar-refractivity contribution in [3.05, 3.63) is 47.5 Å². The number of carboxylic acids is 1. The average molecular weight is 580 g/mol. The van der Waals surface area contributed by atoms with Crippen LogP contribution in [0.25, 0.3) is 0 Å². The second kappa shape index (κ2) is 11.4. The first kappa shape index (κ1) is 30.1. The van der Waals surface area contributed by atoms with E-state index in [0.29, 0.717) is 36.7 Å². The molecular weight excluding hydrogens is 538 g/mol. The Morgan fingerprint density at radius 3 is 2.40 bits per heavy atom. The zero-order valence-electron chi connectivity index (χ0n) is 24.4. The van der Waals surface area contributed by atoms with Crippen molar-refractivity contribution >= 4 is 29.4 Å². The maximum atomic E-state index is 13.4. The molecule has 4 aliphatic rings. The van der Waals surface area contributed by atoms with Crippen LogP contribution < -0.4 is 5.32 Å². The number of carboxylic acid groups (broad SMARTS) is 1. The highest BCUT2D eigenvalue weighted by Gasteiger charge is 2.66. The van der Waals surface area contributed by atoms with Gasteiger partial charge in [-0.1, -0.05) is 49.8 Å². The molecule has 0 radical (unpaired) electrons. The van der Waals surface area contributed by atoms with E-state index in [4.69, 9.17) is 4.74 Å². The number of hydrogen-bond donors (Lipinski definition) is 3. The standard InChI is InChI=1S/C33H41NO8/c1-31-15-12-22(35)18-21(31)8-9-23-24(31)13-16-32(2)25(23)14-17-33(32,41)26(36)19-42-28(38)11-10-27(37)34-29(30(39)40)20-6-4-3-5-7-20/h3-7,18,23-25,29,41H,8-17,19H2,1-2H3,(H,34,37)(H,39,40)/t23-,24+,25+,29-,31-,32-,33-/m0/s1. The predicted molar refractivity (Wildman–Crippen MR) is 152 cm³/mol. The third kappa shape index (κ3) is 5.21. The smallest absolute Gasteiger partial charge is 0.330 e. The molecule has 9 heteroatoms. The van der Waals surface area contributed by atoms with E-state index in [9.17, 15) is 34.2 Å². The van der Waals surface area contributed by atoms with Crippen LogP contribution >= 0.6 is 0 Å². The van der Waals surface area contributed by atoms with E-state index >= 15 is 0 Å². The molecule has 4 aliphatic carbocycles. The Kier molecular flexibility index (Phi) is 8.18. The summed E-state index contributed by atoms with van der Waals surface area (Å²) in [5.74, 6) is -1.94. The first-order valence-corrected chi connectivity index (χ1v) is 15.1. The Morgan fingerprint density at radius 1 is 0.976 bits per heavy atom. The van der Waals surface area contributed by atoms with Gasteiger partial charge in [-0.25, -0.2) is 4.79 Å². The van der Waals surface area contributed by atoms with E-state index in [1.54, 1.807) is 30.3 Å². The van der Waals surface area contributed by atoms with Crippen LogP contribution in [0.1, 0.15) is 89.7 Å². The number of nitrogens with one attached hydrogen (secondary N) is 1. The number of amides is 1. The molecule has 0 saturated heterocycles. The van der Waals surface area contributed by atoms with Gasteiger partial charge in [0.05, 0.1) is 6.42 Å². The van der Waals surface area contributed by atoms with Crippen LogP contribution in [-0.2, 0) is 28.7 Å². The zero-order valence-corrected chi connectivity index (χ0v) is 24.4. The minimum absolute atomic E-state index is 0.00370. The van der Waals surface area contributed by atoms with E-state index in [1.807, 2.05) is 13.0 Å². The predicted octanol–water partition coefficient (Wildman–Crippen LogP) is 4.08. The first-order chi connectivity index (χ1) is 19.9. The number of benzene rings is 1. The Balaban J connectivity index is 1.16. The van der Waals surface area contributed by atoms with Gasteiger partial charge in [0.25, 0.3) is 0 Å². The molecule has 0 aliphatic heterocycles. The van der Waals surface area contributed by atoms with Crippen molar-refractivity contribution in [2.24, 2.45) is 28.6 Å². The van der Waals surface area contributed by atoms with Gasteiger partial charge in [-0.3, -0.25) is 19.2 Å². The molecule has 0 aromatic heterocycles. The lowest BCUT2D eigenvalue weighted by atomic mass is 9.46. The lowest BCUT2D eigenvalue weighted by Gasteiger charge is -2.58. The molecule has 1 aromatic carbocycles. The van der Waals surface area contributed by atoms with Crippen LogP contribution in [0, 0.1) is 28.6 Å². The summed E-state index contributed by atoms with van der Waals surface area (Å²) in [6.07, 6.45) is 7.15. The van der Waals surface area contributed by atoms with Gasteiger partial charge < -0.3 is 20.3 Å². The summed E-state index contributed by atoms with van der Waals surface area (Å²) in [5.41, 5.74) is -0.541. The Hall–Kier alpha value is -3.33. The van der Waals surface area contributed by atoms with Crippen molar-refractivity contribution in [2.45, 2.75) is 89.7 Å². The molecule has 0 unspecified atom stereocenters. The molecule has 3 N–H and O–H groups in total. The minimum Gasteiger partial charge on any atom is -0.479 e. The van der Waals surface area contributed by atoms with Crippen molar-refractivity contribution in [1.82, 2.24) is 5.32 Å². The molecule has 0 spiro atoms. The molecule has 5 rings (SSSR count). The number of fused-ring (bicyclic) bond motifs is 5. The van der Waals surface area contributed by atoms with Crippen molar-refractivity contribution in [1.29, 1.82) is 0 Å². The van der Waals surface area contributed by atoms with Crippen LogP contribution in [0.4, 0.5) is 0 Å². The summed E-state index contributed by atoms with van der Waals surface area (Å²) in [6.45, 7) is 3.73. The van der Waals surface area contributed by atoms with Gasteiger partial charge in [-0.2, -0.15) is 0 Å². The molecule has 1 amide bonds. The second-order valence-electron chi connectivity index (χ2n) is 13.2.